The van der Waals surface area contributed by atoms with Crippen molar-refractivity contribution in [1.29, 1.82) is 5.26 Å². The van der Waals surface area contributed by atoms with Gasteiger partial charge in [-0.15, -0.1) is 0 Å². The lowest BCUT2D eigenvalue weighted by molar-refractivity contribution is -0.117. The summed E-state index contributed by atoms with van der Waals surface area (Å²) in [6.07, 6.45) is 4.45. The summed E-state index contributed by atoms with van der Waals surface area (Å²) in [6.45, 7) is 1.18. The van der Waals surface area contributed by atoms with Crippen molar-refractivity contribution in [2.24, 2.45) is 0 Å². The molecular formula is C25H20Cl3N5OS. The number of para-hydroxylation sites is 1. The second-order valence-electron chi connectivity index (χ2n) is 7.85. The number of hydrogen-bond acceptors (Lipinski definition) is 4. The van der Waals surface area contributed by atoms with Crippen LogP contribution < -0.4 is 10.2 Å². The number of nitriles is 1. The van der Waals surface area contributed by atoms with Crippen LogP contribution in [0.5, 0.6) is 0 Å². The SMILES string of the molecule is N#Cc1ccc(/C=C/C(=O)NC(N2CCCN(c3cccc4cccnc34)C2=S)C(Cl)(Cl)Cl)cc1. The van der Waals surface area contributed by atoms with E-state index in [2.05, 4.69) is 16.4 Å². The summed E-state index contributed by atoms with van der Waals surface area (Å²) in [4.78, 5) is 21.0. The molecule has 1 aromatic heterocycles. The molecule has 10 heteroatoms. The quantitative estimate of drug-likeness (QED) is 0.262. The maximum atomic E-state index is 12.8. The topological polar surface area (TPSA) is 72.3 Å². The number of aromatic nitrogens is 1. The van der Waals surface area contributed by atoms with Gasteiger partial charge in [0.1, 0.15) is 0 Å². The zero-order chi connectivity index (χ0) is 25.0. The summed E-state index contributed by atoms with van der Waals surface area (Å²) >= 11 is 24.7. The monoisotopic (exact) mass is 543 g/mol. The van der Waals surface area contributed by atoms with Gasteiger partial charge in [0.25, 0.3) is 0 Å². The van der Waals surface area contributed by atoms with Crippen LogP contribution in [0.25, 0.3) is 17.0 Å². The van der Waals surface area contributed by atoms with Crippen molar-refractivity contribution in [3.05, 3.63) is 78.0 Å². The van der Waals surface area contributed by atoms with Crippen molar-refractivity contribution in [2.75, 3.05) is 18.0 Å². The number of rotatable bonds is 5. The van der Waals surface area contributed by atoms with E-state index < -0.39 is 15.9 Å². The minimum absolute atomic E-state index is 0.432. The number of carbonyl (C=O) groups is 1. The third-order valence-electron chi connectivity index (χ3n) is 5.53. The first-order valence-corrected chi connectivity index (χ1v) is 12.3. The molecule has 0 bridgehead atoms. The highest BCUT2D eigenvalue weighted by atomic mass is 35.6. The Kier molecular flexibility index (Phi) is 7.78. The van der Waals surface area contributed by atoms with Crippen molar-refractivity contribution in [2.45, 2.75) is 16.4 Å². The van der Waals surface area contributed by atoms with Crippen molar-refractivity contribution in [1.82, 2.24) is 15.2 Å². The van der Waals surface area contributed by atoms with Crippen LogP contribution in [0, 0.1) is 11.3 Å². The van der Waals surface area contributed by atoms with Crippen LogP contribution in [-0.2, 0) is 4.79 Å². The molecule has 35 heavy (non-hydrogen) atoms. The van der Waals surface area contributed by atoms with Crippen LogP contribution in [0.2, 0.25) is 0 Å². The Morgan fingerprint density at radius 2 is 1.89 bits per heavy atom. The van der Waals surface area contributed by atoms with Crippen LogP contribution in [0.4, 0.5) is 5.69 Å². The van der Waals surface area contributed by atoms with Crippen molar-refractivity contribution in [3.63, 3.8) is 0 Å². The van der Waals surface area contributed by atoms with Gasteiger partial charge >= 0.3 is 0 Å². The minimum Gasteiger partial charge on any atom is -0.328 e. The van der Waals surface area contributed by atoms with E-state index in [-0.39, 0.29) is 0 Å². The van der Waals surface area contributed by atoms with E-state index >= 15 is 0 Å². The van der Waals surface area contributed by atoms with E-state index in [4.69, 9.17) is 52.3 Å². The predicted molar refractivity (Wildman–Crippen MR) is 145 cm³/mol. The molecule has 2 aromatic carbocycles. The van der Waals surface area contributed by atoms with Crippen LogP contribution in [0.1, 0.15) is 17.5 Å². The van der Waals surface area contributed by atoms with Gasteiger partial charge in [0.15, 0.2) is 11.3 Å². The second kappa shape index (κ2) is 10.8. The lowest BCUT2D eigenvalue weighted by Gasteiger charge is -2.44. The Labute approximate surface area is 223 Å². The minimum atomic E-state index is -1.85. The molecule has 1 saturated heterocycles. The number of carbonyl (C=O) groups excluding carboxylic acids is 1. The molecule has 3 aromatic rings. The van der Waals surface area contributed by atoms with Gasteiger partial charge in [-0.2, -0.15) is 5.26 Å². The first-order valence-electron chi connectivity index (χ1n) is 10.8. The fraction of sp³-hybridized carbons (Fsp3) is 0.200. The van der Waals surface area contributed by atoms with Gasteiger partial charge in [0.05, 0.1) is 22.8 Å². The van der Waals surface area contributed by atoms with Crippen LogP contribution in [0.3, 0.4) is 0 Å². The molecule has 0 spiro atoms. The van der Waals surface area contributed by atoms with Crippen molar-refractivity contribution < 1.29 is 4.79 Å². The molecule has 1 unspecified atom stereocenters. The van der Waals surface area contributed by atoms with Gasteiger partial charge in [-0.05, 0) is 54.5 Å². The highest BCUT2D eigenvalue weighted by Gasteiger charge is 2.42. The molecule has 1 amide bonds. The first-order chi connectivity index (χ1) is 16.8. The molecule has 4 rings (SSSR count). The third kappa shape index (κ3) is 5.85. The fourth-order valence-corrected chi connectivity index (χ4v) is 4.78. The van der Waals surface area contributed by atoms with Gasteiger partial charge in [-0.1, -0.05) is 65.1 Å². The standard InChI is InChI=1S/C25H20Cl3N5OS/c26-25(27,28)23(31-21(34)12-11-17-7-9-18(16-29)10-8-17)33-15-3-14-32(24(33)35)20-6-1-4-19-5-2-13-30-22(19)20/h1-2,4-13,23H,3,14-15H2,(H,31,34)/b12-11+. The first kappa shape index (κ1) is 25.2. The molecule has 0 radical (unpaired) electrons. The number of fused-ring (bicyclic) bond motifs is 1. The lowest BCUT2D eigenvalue weighted by atomic mass is 10.1. The molecule has 2 heterocycles. The number of pyridine rings is 1. The van der Waals surface area contributed by atoms with E-state index in [1.54, 1.807) is 41.4 Å². The second-order valence-corrected chi connectivity index (χ2v) is 10.6. The van der Waals surface area contributed by atoms with E-state index in [1.165, 1.54) is 6.08 Å². The third-order valence-corrected chi connectivity index (χ3v) is 6.60. The number of thiocarbonyl (C=S) groups is 1. The largest absolute Gasteiger partial charge is 0.328 e. The number of hydrogen-bond donors (Lipinski definition) is 1. The Balaban J connectivity index is 1.55. The highest BCUT2D eigenvalue weighted by Crippen LogP contribution is 2.35. The van der Waals surface area contributed by atoms with Crippen molar-refractivity contribution >= 4 is 80.7 Å². The Bertz CT molecular complexity index is 1310. The maximum Gasteiger partial charge on any atom is 0.245 e. The molecule has 1 atom stereocenters. The van der Waals surface area contributed by atoms with Crippen LogP contribution in [-0.4, -0.2) is 44.0 Å². The summed E-state index contributed by atoms with van der Waals surface area (Å²) in [5.74, 6) is -0.447. The molecule has 6 nitrogen and oxygen atoms in total. The molecule has 1 aliphatic heterocycles. The zero-order valence-corrected chi connectivity index (χ0v) is 21.5. The number of benzene rings is 2. The molecule has 0 saturated carbocycles. The summed E-state index contributed by atoms with van der Waals surface area (Å²) in [5.41, 5.74) is 2.96. The number of nitrogens with one attached hydrogen (secondary N) is 1. The van der Waals surface area contributed by atoms with Crippen LogP contribution in [0.15, 0.2) is 66.9 Å². The Morgan fingerprint density at radius 3 is 2.60 bits per heavy atom. The molecule has 178 valence electrons. The number of nitrogens with zero attached hydrogens (tertiary/aromatic N) is 4. The number of amides is 1. The normalized spacial score (nSPS) is 15.3. The average Bonchev–Trinajstić information content (AvgIpc) is 2.86. The average molecular weight is 545 g/mol. The molecular weight excluding hydrogens is 525 g/mol. The number of alkyl halides is 3. The van der Waals surface area contributed by atoms with Crippen molar-refractivity contribution in [3.8, 4) is 6.07 Å². The summed E-state index contributed by atoms with van der Waals surface area (Å²) in [6, 6.07) is 18.6. The van der Waals surface area contributed by atoms with E-state index in [1.807, 2.05) is 35.2 Å². The number of anilines is 1. The summed E-state index contributed by atoms with van der Waals surface area (Å²) in [5, 5.41) is 13.1. The maximum absolute atomic E-state index is 12.8. The van der Waals surface area contributed by atoms with Gasteiger partial charge in [-0.3, -0.25) is 9.78 Å². The van der Waals surface area contributed by atoms with E-state index in [0.29, 0.717) is 23.8 Å². The summed E-state index contributed by atoms with van der Waals surface area (Å²) < 4.78 is -1.85. The van der Waals surface area contributed by atoms with Crippen LogP contribution >= 0.6 is 47.0 Å². The Morgan fingerprint density at radius 1 is 1.14 bits per heavy atom. The predicted octanol–water partition coefficient (Wildman–Crippen LogP) is 5.43. The molecule has 1 aliphatic rings. The van der Waals surface area contributed by atoms with E-state index in [9.17, 15) is 4.79 Å². The van der Waals surface area contributed by atoms with Gasteiger partial charge in [-0.25, -0.2) is 0 Å². The zero-order valence-electron chi connectivity index (χ0n) is 18.4. The summed E-state index contributed by atoms with van der Waals surface area (Å²) in [7, 11) is 0. The van der Waals surface area contributed by atoms with Gasteiger partial charge < -0.3 is 15.1 Å². The smallest absolute Gasteiger partial charge is 0.245 e. The van der Waals surface area contributed by atoms with Gasteiger partial charge in [0, 0.05) is 30.7 Å². The lowest BCUT2D eigenvalue weighted by Crippen LogP contribution is -2.62. The number of halogens is 3. The highest BCUT2D eigenvalue weighted by molar-refractivity contribution is 7.80. The Hall–Kier alpha value is -2.89. The molecule has 1 fully saturated rings. The van der Waals surface area contributed by atoms with Gasteiger partial charge in [0.2, 0.25) is 9.70 Å². The molecule has 0 aliphatic carbocycles. The molecule has 1 N–H and O–H groups in total. The van der Waals surface area contributed by atoms with E-state index in [0.717, 1.165) is 28.6 Å². The fourth-order valence-electron chi connectivity index (χ4n) is 3.87.